The summed E-state index contributed by atoms with van der Waals surface area (Å²) in [6.07, 6.45) is -0.602. The molecule has 5 nitrogen and oxygen atoms in total. The van der Waals surface area contributed by atoms with E-state index in [1.807, 2.05) is 0 Å². The molecule has 0 fully saturated rings. The summed E-state index contributed by atoms with van der Waals surface area (Å²) in [7, 11) is 0. The number of halogens is 1. The summed E-state index contributed by atoms with van der Waals surface area (Å²) in [4.78, 5) is 20.4. The van der Waals surface area contributed by atoms with E-state index < -0.39 is 23.7 Å². The van der Waals surface area contributed by atoms with Crippen LogP contribution in [0.4, 0.5) is 4.79 Å². The molecule has 2 N–H and O–H groups in total. The van der Waals surface area contributed by atoms with Crippen molar-refractivity contribution in [3.63, 3.8) is 0 Å². The minimum atomic E-state index is -0.602. The predicted octanol–water partition coefficient (Wildman–Crippen LogP) is 1.79. The summed E-state index contributed by atoms with van der Waals surface area (Å²) in [5.41, 5.74) is -0.115. The molecular formula is C10H18ClNO4. The van der Waals surface area contributed by atoms with Crippen LogP contribution in [-0.4, -0.2) is 28.8 Å². The van der Waals surface area contributed by atoms with Gasteiger partial charge in [-0.3, -0.25) is 10.1 Å². The van der Waals surface area contributed by atoms with Crippen molar-refractivity contribution < 1.29 is 19.4 Å². The maximum Gasteiger partial charge on any atom is 0.409 e. The second-order valence-corrected chi connectivity index (χ2v) is 4.23. The number of carbonyl (C=O) groups is 2. The van der Waals surface area contributed by atoms with Gasteiger partial charge < -0.3 is 9.84 Å². The lowest BCUT2D eigenvalue weighted by Gasteiger charge is -2.18. The molecule has 0 heterocycles. The molecule has 0 unspecified atom stereocenters. The molecule has 1 amide bonds. The highest BCUT2D eigenvalue weighted by Crippen LogP contribution is 2.05. The minimum absolute atomic E-state index is 0.386. The fourth-order valence-electron chi connectivity index (χ4n) is 0.379. The number of amides is 1. The lowest BCUT2D eigenvalue weighted by atomic mass is 10.2. The van der Waals surface area contributed by atoms with E-state index in [1.165, 1.54) is 0 Å². The number of ether oxygens (including phenoxy) is 1. The Kier molecular flexibility index (Phi) is 8.80. The third-order valence-corrected chi connectivity index (χ3v) is 1.28. The van der Waals surface area contributed by atoms with Crippen LogP contribution in [0, 0.1) is 0 Å². The van der Waals surface area contributed by atoms with Gasteiger partial charge in [0.1, 0.15) is 12.3 Å². The molecule has 6 heteroatoms. The number of allylic oxidation sites excluding steroid dienone is 1. The number of hydrogen-bond acceptors (Lipinski definition) is 4. The summed E-state index contributed by atoms with van der Waals surface area (Å²) in [5.74, 6) is 0. The second-order valence-electron chi connectivity index (χ2n) is 3.89. The Morgan fingerprint density at radius 1 is 1.44 bits per heavy atom. The van der Waals surface area contributed by atoms with Gasteiger partial charge in [-0.05, 0) is 39.3 Å². The van der Waals surface area contributed by atoms with Crippen LogP contribution in [0.1, 0.15) is 27.7 Å². The largest absolute Gasteiger partial charge is 0.444 e. The first-order valence-electron chi connectivity index (χ1n) is 4.53. The molecule has 0 aliphatic heterocycles. The van der Waals surface area contributed by atoms with E-state index in [0.29, 0.717) is 5.57 Å². The van der Waals surface area contributed by atoms with Gasteiger partial charge in [0.15, 0.2) is 0 Å². The Labute approximate surface area is 100 Å². The van der Waals surface area contributed by atoms with Gasteiger partial charge in [-0.25, -0.2) is 4.79 Å². The first-order valence-corrected chi connectivity index (χ1v) is 4.91. The van der Waals surface area contributed by atoms with E-state index in [9.17, 15) is 9.59 Å². The van der Waals surface area contributed by atoms with Gasteiger partial charge in [0.2, 0.25) is 5.24 Å². The first kappa shape index (κ1) is 17.3. The Morgan fingerprint density at radius 3 is 2.00 bits per heavy atom. The highest BCUT2D eigenvalue weighted by molar-refractivity contribution is 6.67. The molecule has 0 radical (unpaired) electrons. The van der Waals surface area contributed by atoms with Gasteiger partial charge in [0, 0.05) is 5.57 Å². The Hall–Kier alpha value is -1.07. The molecule has 0 spiro atoms. The van der Waals surface area contributed by atoms with E-state index in [4.69, 9.17) is 21.4 Å². The number of aliphatic hydroxyl groups is 1. The SMILES string of the molecule is C=C(C)C(=O)Cl.CC(C)(C)OC(=O)NCO. The zero-order chi connectivity index (χ0) is 13.4. The van der Waals surface area contributed by atoms with E-state index in [2.05, 4.69) is 11.9 Å². The minimum Gasteiger partial charge on any atom is -0.444 e. The van der Waals surface area contributed by atoms with E-state index in [0.717, 1.165) is 0 Å². The van der Waals surface area contributed by atoms with Crippen molar-refractivity contribution in [3.8, 4) is 0 Å². The van der Waals surface area contributed by atoms with Gasteiger partial charge in [0.25, 0.3) is 0 Å². The normalized spacial score (nSPS) is 9.62. The maximum absolute atomic E-state index is 10.6. The summed E-state index contributed by atoms with van der Waals surface area (Å²) in [6, 6.07) is 0. The maximum atomic E-state index is 10.6. The predicted molar refractivity (Wildman–Crippen MR) is 62.1 cm³/mol. The van der Waals surface area contributed by atoms with Gasteiger partial charge in [-0.2, -0.15) is 0 Å². The number of rotatable bonds is 2. The lowest BCUT2D eigenvalue weighted by molar-refractivity contribution is -0.108. The smallest absolute Gasteiger partial charge is 0.409 e. The first-order chi connectivity index (χ1) is 7.10. The van der Waals surface area contributed by atoms with Gasteiger partial charge in [-0.15, -0.1) is 0 Å². The third-order valence-electron chi connectivity index (χ3n) is 0.958. The number of carbonyl (C=O) groups excluding carboxylic acids is 2. The van der Waals surface area contributed by atoms with E-state index in [-0.39, 0.29) is 0 Å². The molecule has 0 aliphatic carbocycles. The Balaban J connectivity index is 0. The van der Waals surface area contributed by atoms with Crippen LogP contribution >= 0.6 is 11.6 Å². The van der Waals surface area contributed by atoms with E-state index >= 15 is 0 Å². The molecule has 0 aromatic rings. The van der Waals surface area contributed by atoms with Crippen LogP contribution < -0.4 is 5.32 Å². The van der Waals surface area contributed by atoms with Crippen molar-refractivity contribution in [2.45, 2.75) is 33.3 Å². The van der Waals surface area contributed by atoms with Gasteiger partial charge in [-0.1, -0.05) is 6.58 Å². The topological polar surface area (TPSA) is 75.6 Å². The fourth-order valence-corrected chi connectivity index (χ4v) is 0.379. The summed E-state index contributed by atoms with van der Waals surface area (Å²) in [6.45, 7) is 9.71. The second kappa shape index (κ2) is 8.13. The summed E-state index contributed by atoms with van der Waals surface area (Å²) in [5, 5.41) is 9.86. The van der Waals surface area contributed by atoms with Crippen molar-refractivity contribution in [1.29, 1.82) is 0 Å². The molecule has 0 bridgehead atoms. The fraction of sp³-hybridized carbons (Fsp3) is 0.600. The molecule has 0 rings (SSSR count). The van der Waals surface area contributed by atoms with Crippen molar-refractivity contribution in [1.82, 2.24) is 5.32 Å². The number of aliphatic hydroxyl groups excluding tert-OH is 1. The number of nitrogens with one attached hydrogen (secondary N) is 1. The average molecular weight is 252 g/mol. The van der Waals surface area contributed by atoms with Crippen molar-refractivity contribution in [3.05, 3.63) is 12.2 Å². The van der Waals surface area contributed by atoms with Crippen LogP contribution in [0.2, 0.25) is 0 Å². The molecule has 16 heavy (non-hydrogen) atoms. The summed E-state index contributed by atoms with van der Waals surface area (Å²) >= 11 is 4.87. The Morgan fingerprint density at radius 2 is 1.81 bits per heavy atom. The standard InChI is InChI=1S/C6H13NO3.C4H5ClO/c1-6(2,3)10-5(9)7-4-8;1-3(2)4(5)6/h8H,4H2,1-3H3,(H,7,9);1H2,2H3. The van der Waals surface area contributed by atoms with Gasteiger partial charge in [0.05, 0.1) is 0 Å². The van der Waals surface area contributed by atoms with Crippen LogP contribution in [0.5, 0.6) is 0 Å². The van der Waals surface area contributed by atoms with Crippen LogP contribution in [0.15, 0.2) is 12.2 Å². The molecule has 0 aliphatic rings. The number of hydrogen-bond donors (Lipinski definition) is 2. The highest BCUT2D eigenvalue weighted by Gasteiger charge is 2.14. The highest BCUT2D eigenvalue weighted by atomic mass is 35.5. The van der Waals surface area contributed by atoms with Crippen LogP contribution in [0.3, 0.4) is 0 Å². The molecule has 0 saturated carbocycles. The lowest BCUT2D eigenvalue weighted by Crippen LogP contribution is -2.32. The molecule has 0 saturated heterocycles. The van der Waals surface area contributed by atoms with Crippen LogP contribution in [-0.2, 0) is 9.53 Å². The quantitative estimate of drug-likeness (QED) is 0.446. The van der Waals surface area contributed by atoms with Gasteiger partial charge >= 0.3 is 6.09 Å². The zero-order valence-electron chi connectivity index (χ0n) is 9.96. The van der Waals surface area contributed by atoms with Crippen molar-refractivity contribution in [2.24, 2.45) is 0 Å². The molecular weight excluding hydrogens is 234 g/mol. The van der Waals surface area contributed by atoms with Crippen molar-refractivity contribution >= 4 is 22.9 Å². The Bertz CT molecular complexity index is 246. The van der Waals surface area contributed by atoms with Crippen molar-refractivity contribution in [2.75, 3.05) is 6.73 Å². The van der Waals surface area contributed by atoms with Crippen LogP contribution in [0.25, 0.3) is 0 Å². The molecule has 94 valence electrons. The summed E-state index contributed by atoms with van der Waals surface area (Å²) < 4.78 is 4.77. The molecule has 0 aromatic heterocycles. The molecule has 0 atom stereocenters. The van der Waals surface area contributed by atoms with E-state index in [1.54, 1.807) is 27.7 Å². The third kappa shape index (κ3) is 15.4. The zero-order valence-corrected chi connectivity index (χ0v) is 10.7. The number of alkyl carbamates (subject to hydrolysis) is 1. The monoisotopic (exact) mass is 251 g/mol. The molecule has 0 aromatic carbocycles. The average Bonchev–Trinajstić information content (AvgIpc) is 2.01.